The van der Waals surface area contributed by atoms with E-state index in [1.807, 2.05) is 19.0 Å². The van der Waals surface area contributed by atoms with Gasteiger partial charge in [0.25, 0.3) is 10.0 Å². The molecule has 2 N–H and O–H groups in total. The summed E-state index contributed by atoms with van der Waals surface area (Å²) in [6.07, 6.45) is -7.30. The number of nitrogens with one attached hydrogen (secondary N) is 2. The number of likely N-dealkylation sites (N-methyl/N-ethyl adjacent to an activating group) is 1. The van der Waals surface area contributed by atoms with Gasteiger partial charge < -0.3 is 4.90 Å². The number of benzene rings is 2. The summed E-state index contributed by atoms with van der Waals surface area (Å²) in [4.78, 5) is 0.814. The number of hydrogen-bond acceptors (Lipinski definition) is 5. The van der Waals surface area contributed by atoms with E-state index in [0.717, 1.165) is 43.5 Å². The van der Waals surface area contributed by atoms with Crippen molar-refractivity contribution >= 4 is 25.7 Å². The van der Waals surface area contributed by atoms with Crippen molar-refractivity contribution in [1.82, 2.24) is 9.62 Å². The summed E-state index contributed by atoms with van der Waals surface area (Å²) in [6.45, 7) is 0. The van der Waals surface area contributed by atoms with Gasteiger partial charge in [0.15, 0.2) is 0 Å². The highest BCUT2D eigenvalue weighted by molar-refractivity contribution is 7.93. The molecule has 1 aliphatic carbocycles. The Labute approximate surface area is 211 Å². The Morgan fingerprint density at radius 1 is 0.784 bits per heavy atom. The normalized spacial score (nSPS) is 19.7. The topological polar surface area (TPSA) is 95.6 Å². The second-order valence-corrected chi connectivity index (χ2v) is 12.3. The van der Waals surface area contributed by atoms with E-state index in [4.69, 9.17) is 0 Å². The number of sulfonamides is 2. The maximum absolute atomic E-state index is 13.1. The fraction of sp³-hybridized carbons (Fsp3) is 0.455. The first-order chi connectivity index (χ1) is 16.9. The van der Waals surface area contributed by atoms with E-state index in [1.165, 1.54) is 0 Å². The molecule has 1 fully saturated rings. The maximum Gasteiger partial charge on any atom is 0.416 e. The minimum Gasteiger partial charge on any atom is -0.305 e. The molecule has 0 saturated heterocycles. The molecule has 2 aromatic rings. The van der Waals surface area contributed by atoms with E-state index in [2.05, 4.69) is 4.72 Å². The van der Waals surface area contributed by atoms with Crippen molar-refractivity contribution in [3.05, 3.63) is 53.6 Å². The summed E-state index contributed by atoms with van der Waals surface area (Å²) in [5, 5.41) is 0. The average Bonchev–Trinajstić information content (AvgIpc) is 2.77. The fourth-order valence-electron chi connectivity index (χ4n) is 4.17. The van der Waals surface area contributed by atoms with Gasteiger partial charge in [0.2, 0.25) is 10.0 Å². The number of anilines is 1. The van der Waals surface area contributed by atoms with Gasteiger partial charge in [0.1, 0.15) is 0 Å². The molecule has 2 aromatic carbocycles. The fourth-order valence-corrected chi connectivity index (χ4v) is 6.68. The molecule has 0 radical (unpaired) electrons. The SMILES string of the molecule is CN(C)[C@@H]1CCCC[C@H]1NS(=O)(=O)c1cccc(S(=O)(=O)Nc2cc(C(F)(F)F)cc(C(F)(F)F)c2)c1. The Hall–Kier alpha value is -2.36. The lowest BCUT2D eigenvalue weighted by molar-refractivity contribution is -0.143. The predicted molar refractivity (Wildman–Crippen MR) is 124 cm³/mol. The Kier molecular flexibility index (Phi) is 8.23. The molecule has 1 aliphatic rings. The van der Waals surface area contributed by atoms with E-state index in [0.29, 0.717) is 6.42 Å². The van der Waals surface area contributed by atoms with Crippen LogP contribution in [0.4, 0.5) is 32.0 Å². The molecule has 0 unspecified atom stereocenters. The highest BCUT2D eigenvalue weighted by atomic mass is 32.2. The van der Waals surface area contributed by atoms with Gasteiger partial charge in [-0.3, -0.25) is 4.72 Å². The summed E-state index contributed by atoms with van der Waals surface area (Å²) in [5.41, 5.74) is -4.39. The molecule has 0 aliphatic heterocycles. The van der Waals surface area contributed by atoms with Crippen LogP contribution >= 0.6 is 0 Å². The summed E-state index contributed by atoms with van der Waals surface area (Å²) in [6, 6.07) is 3.81. The lowest BCUT2D eigenvalue weighted by Gasteiger charge is -2.36. The van der Waals surface area contributed by atoms with Crippen LogP contribution < -0.4 is 9.44 Å². The molecule has 2 atom stereocenters. The Balaban J connectivity index is 1.93. The first-order valence-corrected chi connectivity index (χ1v) is 14.0. The van der Waals surface area contributed by atoms with Crippen LogP contribution in [0.5, 0.6) is 0 Å². The zero-order valence-corrected chi connectivity index (χ0v) is 21.3. The molecule has 206 valence electrons. The molecule has 1 saturated carbocycles. The number of nitrogens with zero attached hydrogens (tertiary/aromatic N) is 1. The number of alkyl halides is 6. The molecule has 7 nitrogen and oxygen atoms in total. The highest BCUT2D eigenvalue weighted by Gasteiger charge is 2.37. The van der Waals surface area contributed by atoms with Gasteiger partial charge in [-0.15, -0.1) is 0 Å². The molecule has 3 rings (SSSR count). The van der Waals surface area contributed by atoms with Gasteiger partial charge in [-0.1, -0.05) is 18.9 Å². The van der Waals surface area contributed by atoms with Crippen LogP contribution in [0.25, 0.3) is 0 Å². The van der Waals surface area contributed by atoms with Crippen molar-refractivity contribution in [2.75, 3.05) is 18.8 Å². The highest BCUT2D eigenvalue weighted by Crippen LogP contribution is 2.38. The lowest BCUT2D eigenvalue weighted by Crippen LogP contribution is -2.50. The molecular weight excluding hydrogens is 548 g/mol. The molecule has 0 spiro atoms. The van der Waals surface area contributed by atoms with E-state index in [-0.39, 0.29) is 24.2 Å². The van der Waals surface area contributed by atoms with Gasteiger partial charge in [-0.25, -0.2) is 21.6 Å². The van der Waals surface area contributed by atoms with E-state index < -0.39 is 65.0 Å². The number of hydrogen-bond donors (Lipinski definition) is 2. The monoisotopic (exact) mass is 573 g/mol. The standard InChI is InChI=1S/C22H25F6N3O4S2/c1-31(2)20-9-4-3-8-19(20)30-37(34,35)18-7-5-6-17(13-18)36(32,33)29-16-11-14(21(23,24)25)10-15(12-16)22(26,27)28/h5-7,10-13,19-20,29-30H,3-4,8-9H2,1-2H3/t19-,20-/m1/s1. The third-order valence-corrected chi connectivity index (χ3v) is 8.83. The maximum atomic E-state index is 13.1. The van der Waals surface area contributed by atoms with E-state index in [9.17, 15) is 43.2 Å². The van der Waals surface area contributed by atoms with Crippen molar-refractivity contribution in [3.63, 3.8) is 0 Å². The molecule has 15 heteroatoms. The summed E-state index contributed by atoms with van der Waals surface area (Å²) in [7, 11) is -5.34. The van der Waals surface area contributed by atoms with Gasteiger partial charge in [0.05, 0.1) is 26.6 Å². The molecule has 0 amide bonds. The zero-order valence-electron chi connectivity index (χ0n) is 19.7. The first kappa shape index (κ1) is 29.2. The first-order valence-electron chi connectivity index (χ1n) is 11.0. The van der Waals surface area contributed by atoms with Crippen LogP contribution in [0, 0.1) is 0 Å². The minimum atomic E-state index is -5.18. The van der Waals surface area contributed by atoms with Crippen LogP contribution in [0.3, 0.4) is 0 Å². The Morgan fingerprint density at radius 3 is 1.81 bits per heavy atom. The zero-order chi connectivity index (χ0) is 27.8. The molecular formula is C22H25F6N3O4S2. The second-order valence-electron chi connectivity index (χ2n) is 8.92. The summed E-state index contributed by atoms with van der Waals surface area (Å²) < 4.78 is 135. The van der Waals surface area contributed by atoms with Gasteiger partial charge >= 0.3 is 12.4 Å². The van der Waals surface area contributed by atoms with Gasteiger partial charge in [-0.2, -0.15) is 26.3 Å². The second kappa shape index (κ2) is 10.4. The van der Waals surface area contributed by atoms with Crippen LogP contribution in [-0.2, 0) is 32.4 Å². The van der Waals surface area contributed by atoms with Crippen LogP contribution in [0.15, 0.2) is 52.3 Å². The van der Waals surface area contributed by atoms with Crippen molar-refractivity contribution in [1.29, 1.82) is 0 Å². The lowest BCUT2D eigenvalue weighted by atomic mass is 9.90. The van der Waals surface area contributed by atoms with E-state index >= 15 is 0 Å². The van der Waals surface area contributed by atoms with Crippen molar-refractivity contribution in [3.8, 4) is 0 Å². The van der Waals surface area contributed by atoms with Crippen molar-refractivity contribution in [2.24, 2.45) is 0 Å². The number of rotatable bonds is 7. The van der Waals surface area contributed by atoms with Gasteiger partial charge in [0, 0.05) is 12.1 Å². The van der Waals surface area contributed by atoms with Crippen molar-refractivity contribution < 1.29 is 43.2 Å². The van der Waals surface area contributed by atoms with Crippen LogP contribution in [-0.4, -0.2) is 47.9 Å². The smallest absolute Gasteiger partial charge is 0.305 e. The van der Waals surface area contributed by atoms with E-state index in [1.54, 1.807) is 4.72 Å². The Bertz CT molecular complexity index is 1310. The molecule has 0 bridgehead atoms. The third kappa shape index (κ3) is 7.15. The number of halogens is 6. The molecule has 0 aromatic heterocycles. The van der Waals surface area contributed by atoms with Crippen LogP contribution in [0.1, 0.15) is 36.8 Å². The predicted octanol–water partition coefficient (Wildman–Crippen LogP) is 4.68. The summed E-state index contributed by atoms with van der Waals surface area (Å²) in [5.74, 6) is 0. The van der Waals surface area contributed by atoms with Gasteiger partial charge in [-0.05, 0) is 63.3 Å². The molecule has 0 heterocycles. The minimum absolute atomic E-state index is 0.0826. The third-order valence-electron chi connectivity index (χ3n) is 5.97. The summed E-state index contributed by atoms with van der Waals surface area (Å²) >= 11 is 0. The average molecular weight is 574 g/mol. The molecule has 37 heavy (non-hydrogen) atoms. The van der Waals surface area contributed by atoms with Crippen molar-refractivity contribution in [2.45, 2.75) is 59.9 Å². The largest absolute Gasteiger partial charge is 0.416 e. The quantitative estimate of drug-likeness (QED) is 0.470. The van der Waals surface area contributed by atoms with Crippen LogP contribution in [0.2, 0.25) is 0 Å². The Morgan fingerprint density at radius 2 is 1.30 bits per heavy atom.